The molecule has 0 aliphatic rings. The summed E-state index contributed by atoms with van der Waals surface area (Å²) < 4.78 is 5.53. The molecule has 122 valence electrons. The second-order valence-electron chi connectivity index (χ2n) is 4.78. The summed E-state index contributed by atoms with van der Waals surface area (Å²) in [4.78, 5) is 13.1. The average Bonchev–Trinajstić information content (AvgIpc) is 2.55. The number of hydrogen-bond donors (Lipinski definition) is 1. The van der Waals surface area contributed by atoms with E-state index in [1.165, 1.54) is 11.8 Å². The molecule has 1 atom stereocenters. The minimum atomic E-state index is -0.198. The second kappa shape index (κ2) is 9.06. The van der Waals surface area contributed by atoms with Gasteiger partial charge in [0, 0.05) is 9.92 Å². The molecule has 6 heteroatoms. The lowest BCUT2D eigenvalue weighted by atomic mass is 10.3. The highest BCUT2D eigenvalue weighted by molar-refractivity contribution is 8.00. The van der Waals surface area contributed by atoms with Crippen LogP contribution in [-0.4, -0.2) is 24.3 Å². The zero-order chi connectivity index (χ0) is 16.7. The van der Waals surface area contributed by atoms with Gasteiger partial charge >= 0.3 is 0 Å². The number of thioether (sulfide) groups is 1. The Hall–Kier alpha value is -1.36. The molecule has 0 spiro atoms. The fraction of sp³-hybridized carbons (Fsp3) is 0.235. The van der Waals surface area contributed by atoms with Gasteiger partial charge in [-0.05, 0) is 43.3 Å². The Labute approximate surface area is 150 Å². The summed E-state index contributed by atoms with van der Waals surface area (Å²) >= 11 is 13.3. The van der Waals surface area contributed by atoms with Crippen LogP contribution in [0.5, 0.6) is 5.75 Å². The number of carbonyl (C=O) groups is 1. The third kappa shape index (κ3) is 5.98. The first-order chi connectivity index (χ1) is 11.1. The van der Waals surface area contributed by atoms with Crippen molar-refractivity contribution in [3.8, 4) is 5.75 Å². The molecule has 1 N–H and O–H groups in total. The van der Waals surface area contributed by atoms with Crippen molar-refractivity contribution in [3.63, 3.8) is 0 Å². The predicted octanol–water partition coefficient (Wildman–Crippen LogP) is 4.67. The van der Waals surface area contributed by atoms with Gasteiger partial charge in [-0.15, -0.1) is 11.8 Å². The van der Waals surface area contributed by atoms with Gasteiger partial charge in [0.05, 0.1) is 16.8 Å². The zero-order valence-electron chi connectivity index (χ0n) is 12.6. The molecule has 2 aromatic rings. The van der Waals surface area contributed by atoms with Crippen LogP contribution in [0.4, 0.5) is 0 Å². The van der Waals surface area contributed by atoms with Gasteiger partial charge in [0.25, 0.3) is 0 Å². The molecule has 0 aliphatic heterocycles. The number of nitrogens with one attached hydrogen (secondary N) is 1. The van der Waals surface area contributed by atoms with Crippen molar-refractivity contribution in [2.75, 3.05) is 13.2 Å². The SMILES string of the molecule is CC(Sc1ccc(Cl)cc1)C(=O)NCCOc1ccccc1Cl. The number of para-hydroxylation sites is 1. The molecule has 0 aromatic heterocycles. The van der Waals surface area contributed by atoms with Gasteiger partial charge in [-0.2, -0.15) is 0 Å². The number of rotatable bonds is 7. The summed E-state index contributed by atoms with van der Waals surface area (Å²) in [5.74, 6) is 0.583. The van der Waals surface area contributed by atoms with Crippen LogP contribution in [-0.2, 0) is 4.79 Å². The first-order valence-electron chi connectivity index (χ1n) is 7.13. The molecule has 2 rings (SSSR count). The largest absolute Gasteiger partial charge is 0.490 e. The van der Waals surface area contributed by atoms with Crippen molar-refractivity contribution in [3.05, 3.63) is 58.6 Å². The number of ether oxygens (including phenoxy) is 1. The molecule has 0 fully saturated rings. The van der Waals surface area contributed by atoms with E-state index in [0.717, 1.165) is 4.90 Å². The fourth-order valence-electron chi connectivity index (χ4n) is 1.81. The maximum Gasteiger partial charge on any atom is 0.233 e. The molecule has 0 heterocycles. The van der Waals surface area contributed by atoms with Crippen molar-refractivity contribution < 1.29 is 9.53 Å². The van der Waals surface area contributed by atoms with Crippen LogP contribution in [0.1, 0.15) is 6.92 Å². The topological polar surface area (TPSA) is 38.3 Å². The number of carbonyl (C=O) groups excluding carboxylic acids is 1. The number of halogens is 2. The minimum absolute atomic E-state index is 0.0345. The highest BCUT2D eigenvalue weighted by Crippen LogP contribution is 2.25. The Morgan fingerprint density at radius 3 is 2.57 bits per heavy atom. The quantitative estimate of drug-likeness (QED) is 0.569. The molecule has 0 radical (unpaired) electrons. The monoisotopic (exact) mass is 369 g/mol. The molecule has 0 bridgehead atoms. The summed E-state index contributed by atoms with van der Waals surface area (Å²) in [5, 5.41) is 3.90. The van der Waals surface area contributed by atoms with E-state index in [-0.39, 0.29) is 11.2 Å². The van der Waals surface area contributed by atoms with Crippen LogP contribution in [0.15, 0.2) is 53.4 Å². The summed E-state index contributed by atoms with van der Waals surface area (Å²) in [6.07, 6.45) is 0. The van der Waals surface area contributed by atoms with Crippen LogP contribution in [0, 0.1) is 0 Å². The molecule has 0 aliphatic carbocycles. The van der Waals surface area contributed by atoms with Crippen molar-refractivity contribution in [2.45, 2.75) is 17.1 Å². The van der Waals surface area contributed by atoms with Crippen LogP contribution >= 0.6 is 35.0 Å². The summed E-state index contributed by atoms with van der Waals surface area (Å²) in [6, 6.07) is 14.7. The Kier molecular flexibility index (Phi) is 7.09. The van der Waals surface area contributed by atoms with E-state index in [2.05, 4.69) is 5.32 Å². The third-order valence-electron chi connectivity index (χ3n) is 2.99. The molecule has 3 nitrogen and oxygen atoms in total. The molecule has 1 amide bonds. The van der Waals surface area contributed by atoms with Crippen LogP contribution in [0.3, 0.4) is 0 Å². The lowest BCUT2D eigenvalue weighted by Gasteiger charge is -2.13. The Bertz CT molecular complexity index is 649. The molecular weight excluding hydrogens is 353 g/mol. The number of benzene rings is 2. The summed E-state index contributed by atoms with van der Waals surface area (Å²) in [5.41, 5.74) is 0. The van der Waals surface area contributed by atoms with Crippen molar-refractivity contribution >= 4 is 40.9 Å². The summed E-state index contributed by atoms with van der Waals surface area (Å²) in [6.45, 7) is 2.66. The number of amides is 1. The maximum atomic E-state index is 12.1. The average molecular weight is 370 g/mol. The van der Waals surface area contributed by atoms with E-state index in [1.54, 1.807) is 12.1 Å². The zero-order valence-corrected chi connectivity index (χ0v) is 14.9. The molecular formula is C17H17Cl2NO2S. The molecule has 2 aromatic carbocycles. The van der Waals surface area contributed by atoms with E-state index < -0.39 is 0 Å². The van der Waals surface area contributed by atoms with Gasteiger partial charge in [-0.3, -0.25) is 4.79 Å². The Morgan fingerprint density at radius 1 is 1.17 bits per heavy atom. The van der Waals surface area contributed by atoms with Gasteiger partial charge < -0.3 is 10.1 Å². The van der Waals surface area contributed by atoms with Gasteiger partial charge in [0.1, 0.15) is 12.4 Å². The normalized spacial score (nSPS) is 11.8. The minimum Gasteiger partial charge on any atom is -0.490 e. The van der Waals surface area contributed by atoms with Gasteiger partial charge in [-0.25, -0.2) is 0 Å². The standard InChI is InChI=1S/C17H17Cl2NO2S/c1-12(23-14-8-6-13(18)7-9-14)17(21)20-10-11-22-16-5-3-2-4-15(16)19/h2-9,12H,10-11H2,1H3,(H,20,21). The fourth-order valence-corrected chi connectivity index (χ4v) is 3.02. The lowest BCUT2D eigenvalue weighted by molar-refractivity contribution is -0.120. The molecule has 0 saturated carbocycles. The highest BCUT2D eigenvalue weighted by Gasteiger charge is 2.13. The second-order valence-corrected chi connectivity index (χ2v) is 7.04. The van der Waals surface area contributed by atoms with E-state index in [0.29, 0.717) is 28.9 Å². The molecule has 0 saturated heterocycles. The molecule has 1 unspecified atom stereocenters. The first kappa shape index (κ1) is 18.0. The Morgan fingerprint density at radius 2 is 1.87 bits per heavy atom. The maximum absolute atomic E-state index is 12.1. The van der Waals surface area contributed by atoms with Crippen LogP contribution < -0.4 is 10.1 Å². The van der Waals surface area contributed by atoms with Crippen LogP contribution in [0.25, 0.3) is 0 Å². The highest BCUT2D eigenvalue weighted by atomic mass is 35.5. The number of hydrogen-bond acceptors (Lipinski definition) is 3. The van der Waals surface area contributed by atoms with Gasteiger partial charge in [0.2, 0.25) is 5.91 Å². The third-order valence-corrected chi connectivity index (χ3v) is 4.67. The van der Waals surface area contributed by atoms with Crippen molar-refractivity contribution in [1.82, 2.24) is 5.32 Å². The smallest absolute Gasteiger partial charge is 0.233 e. The van der Waals surface area contributed by atoms with Crippen molar-refractivity contribution in [2.24, 2.45) is 0 Å². The van der Waals surface area contributed by atoms with E-state index in [4.69, 9.17) is 27.9 Å². The van der Waals surface area contributed by atoms with E-state index in [1.807, 2.05) is 43.3 Å². The van der Waals surface area contributed by atoms with Gasteiger partial charge in [-0.1, -0.05) is 35.3 Å². The Balaban J connectivity index is 1.72. The van der Waals surface area contributed by atoms with Gasteiger partial charge in [0.15, 0.2) is 0 Å². The summed E-state index contributed by atoms with van der Waals surface area (Å²) in [7, 11) is 0. The first-order valence-corrected chi connectivity index (χ1v) is 8.77. The molecule has 23 heavy (non-hydrogen) atoms. The van der Waals surface area contributed by atoms with Crippen molar-refractivity contribution in [1.29, 1.82) is 0 Å². The lowest BCUT2D eigenvalue weighted by Crippen LogP contribution is -2.33. The van der Waals surface area contributed by atoms with E-state index >= 15 is 0 Å². The van der Waals surface area contributed by atoms with Crippen LogP contribution in [0.2, 0.25) is 10.0 Å². The van der Waals surface area contributed by atoms with E-state index in [9.17, 15) is 4.79 Å². The predicted molar refractivity (Wildman–Crippen MR) is 96.7 cm³/mol.